The predicted molar refractivity (Wildman–Crippen MR) is 117 cm³/mol. The van der Waals surface area contributed by atoms with Crippen LogP contribution in [0.4, 0.5) is 11.4 Å². The molecule has 1 saturated heterocycles. The average Bonchev–Trinajstić information content (AvgIpc) is 2.74. The molecule has 0 aliphatic carbocycles. The van der Waals surface area contributed by atoms with Crippen LogP contribution < -0.4 is 10.2 Å². The minimum atomic E-state index is -0.153. The third-order valence-corrected chi connectivity index (χ3v) is 6.07. The van der Waals surface area contributed by atoms with Gasteiger partial charge in [0.05, 0.1) is 11.3 Å². The normalized spacial score (nSPS) is 18.5. The van der Waals surface area contributed by atoms with E-state index >= 15 is 0 Å². The van der Waals surface area contributed by atoms with E-state index in [0.29, 0.717) is 17.0 Å². The summed E-state index contributed by atoms with van der Waals surface area (Å²) in [7, 11) is 0. The van der Waals surface area contributed by atoms with E-state index < -0.39 is 0 Å². The zero-order valence-electron chi connectivity index (χ0n) is 17.4. The largest absolute Gasteiger partial charge is 0.351 e. The van der Waals surface area contributed by atoms with Gasteiger partial charge in [-0.05, 0) is 68.0 Å². The van der Waals surface area contributed by atoms with Gasteiger partial charge in [-0.1, -0.05) is 26.0 Å². The van der Waals surface area contributed by atoms with Gasteiger partial charge in [0.25, 0.3) is 11.8 Å². The summed E-state index contributed by atoms with van der Waals surface area (Å²) in [6.45, 7) is 8.02. The SMILES string of the molecule is CCN1c2cc(C(=O)Nc3ccc(C(C)C)cc3)ccc2C(=O)N2CCCC[C@H]21. The number of nitrogens with one attached hydrogen (secondary N) is 1. The molecule has 0 unspecified atom stereocenters. The fourth-order valence-corrected chi connectivity index (χ4v) is 4.42. The van der Waals surface area contributed by atoms with Crippen LogP contribution in [0.1, 0.15) is 72.2 Å². The van der Waals surface area contributed by atoms with Crippen molar-refractivity contribution in [3.8, 4) is 0 Å². The highest BCUT2D eigenvalue weighted by Gasteiger charge is 2.38. The second kappa shape index (κ2) is 7.90. The van der Waals surface area contributed by atoms with Crippen molar-refractivity contribution >= 4 is 23.2 Å². The number of carbonyl (C=O) groups is 2. The van der Waals surface area contributed by atoms with Gasteiger partial charge in [-0.2, -0.15) is 0 Å². The number of carbonyl (C=O) groups excluding carboxylic acids is 2. The maximum Gasteiger partial charge on any atom is 0.257 e. The lowest BCUT2D eigenvalue weighted by molar-refractivity contribution is 0.0582. The summed E-state index contributed by atoms with van der Waals surface area (Å²) in [5.74, 6) is 0.391. The van der Waals surface area contributed by atoms with Gasteiger partial charge in [0.15, 0.2) is 0 Å². The topological polar surface area (TPSA) is 52.7 Å². The van der Waals surface area contributed by atoms with Crippen LogP contribution in [0.15, 0.2) is 42.5 Å². The molecule has 4 rings (SSSR count). The average molecular weight is 392 g/mol. The smallest absolute Gasteiger partial charge is 0.257 e. The van der Waals surface area contributed by atoms with Crippen molar-refractivity contribution in [1.82, 2.24) is 4.90 Å². The van der Waals surface area contributed by atoms with Crippen LogP contribution in [0.2, 0.25) is 0 Å². The molecule has 2 aliphatic rings. The molecule has 1 atom stereocenters. The van der Waals surface area contributed by atoms with E-state index in [0.717, 1.165) is 43.7 Å². The van der Waals surface area contributed by atoms with E-state index in [1.54, 1.807) is 6.07 Å². The van der Waals surface area contributed by atoms with Crippen LogP contribution >= 0.6 is 0 Å². The highest BCUT2D eigenvalue weighted by atomic mass is 16.2. The molecule has 29 heavy (non-hydrogen) atoms. The highest BCUT2D eigenvalue weighted by molar-refractivity contribution is 6.08. The van der Waals surface area contributed by atoms with E-state index in [4.69, 9.17) is 0 Å². The van der Waals surface area contributed by atoms with Crippen LogP contribution in [-0.2, 0) is 0 Å². The Labute approximate surface area is 172 Å². The monoisotopic (exact) mass is 391 g/mol. The first-order valence-corrected chi connectivity index (χ1v) is 10.6. The lowest BCUT2D eigenvalue weighted by Gasteiger charge is -2.47. The van der Waals surface area contributed by atoms with E-state index in [1.165, 1.54) is 5.56 Å². The Morgan fingerprint density at radius 2 is 1.90 bits per heavy atom. The molecular formula is C24H29N3O2. The van der Waals surface area contributed by atoms with Crippen molar-refractivity contribution in [3.63, 3.8) is 0 Å². The zero-order valence-corrected chi connectivity index (χ0v) is 17.4. The van der Waals surface area contributed by atoms with Crippen LogP contribution in [-0.4, -0.2) is 36.0 Å². The Morgan fingerprint density at radius 1 is 1.14 bits per heavy atom. The zero-order chi connectivity index (χ0) is 20.5. The van der Waals surface area contributed by atoms with Gasteiger partial charge in [0, 0.05) is 24.3 Å². The lowest BCUT2D eigenvalue weighted by Crippen LogP contribution is -2.57. The Kier molecular flexibility index (Phi) is 5.31. The number of nitrogens with zero attached hydrogens (tertiary/aromatic N) is 2. The number of hydrogen-bond donors (Lipinski definition) is 1. The summed E-state index contributed by atoms with van der Waals surface area (Å²) in [4.78, 5) is 30.1. The molecule has 2 aromatic carbocycles. The molecule has 0 radical (unpaired) electrons. The molecule has 0 bridgehead atoms. The molecule has 1 N–H and O–H groups in total. The summed E-state index contributed by atoms with van der Waals surface area (Å²) in [6, 6.07) is 13.4. The Morgan fingerprint density at radius 3 is 2.59 bits per heavy atom. The minimum Gasteiger partial charge on any atom is -0.351 e. The number of fused-ring (bicyclic) bond motifs is 2. The molecule has 5 heteroatoms. The number of anilines is 2. The standard InChI is InChI=1S/C24H29N3O2/c1-4-26-21-15-18(23(28)25-19-11-8-17(9-12-19)16(2)3)10-13-20(21)24(29)27-14-6-5-7-22(26)27/h8-13,15-16,22H,4-7,14H2,1-3H3,(H,25,28)/t22-/m0/s1. The van der Waals surface area contributed by atoms with Crippen molar-refractivity contribution in [2.75, 3.05) is 23.3 Å². The van der Waals surface area contributed by atoms with Gasteiger partial charge in [0.2, 0.25) is 0 Å². The van der Waals surface area contributed by atoms with E-state index in [1.807, 2.05) is 41.3 Å². The fraction of sp³-hybridized carbons (Fsp3) is 0.417. The molecule has 2 heterocycles. The first-order valence-electron chi connectivity index (χ1n) is 10.6. The van der Waals surface area contributed by atoms with Crippen molar-refractivity contribution in [2.24, 2.45) is 0 Å². The molecule has 1 fully saturated rings. The van der Waals surface area contributed by atoms with Gasteiger partial charge in [-0.3, -0.25) is 9.59 Å². The summed E-state index contributed by atoms with van der Waals surface area (Å²) in [5, 5.41) is 2.98. The van der Waals surface area contributed by atoms with Gasteiger partial charge in [-0.25, -0.2) is 0 Å². The molecule has 0 spiro atoms. The molecular weight excluding hydrogens is 362 g/mol. The predicted octanol–water partition coefficient (Wildman–Crippen LogP) is 4.85. The van der Waals surface area contributed by atoms with Gasteiger partial charge in [0.1, 0.15) is 6.17 Å². The van der Waals surface area contributed by atoms with E-state index in [2.05, 4.69) is 31.0 Å². The van der Waals surface area contributed by atoms with Gasteiger partial charge < -0.3 is 15.1 Å². The third-order valence-electron chi connectivity index (χ3n) is 6.07. The van der Waals surface area contributed by atoms with Crippen LogP contribution in [0.25, 0.3) is 0 Å². The fourth-order valence-electron chi connectivity index (χ4n) is 4.42. The third kappa shape index (κ3) is 3.61. The number of amides is 2. The van der Waals surface area contributed by atoms with Crippen molar-refractivity contribution in [2.45, 2.75) is 52.1 Å². The molecule has 0 aromatic heterocycles. The molecule has 2 aliphatic heterocycles. The molecule has 152 valence electrons. The molecule has 2 amide bonds. The van der Waals surface area contributed by atoms with E-state index in [-0.39, 0.29) is 18.0 Å². The molecule has 0 saturated carbocycles. The van der Waals surface area contributed by atoms with E-state index in [9.17, 15) is 9.59 Å². The first kappa shape index (κ1) is 19.5. The van der Waals surface area contributed by atoms with Crippen molar-refractivity contribution < 1.29 is 9.59 Å². The number of piperidine rings is 1. The first-order chi connectivity index (χ1) is 14.0. The van der Waals surface area contributed by atoms with Crippen LogP contribution in [0.5, 0.6) is 0 Å². The summed E-state index contributed by atoms with van der Waals surface area (Å²) < 4.78 is 0. The second-order valence-electron chi connectivity index (χ2n) is 8.22. The lowest BCUT2D eigenvalue weighted by atomic mass is 9.97. The number of benzene rings is 2. The molecule has 5 nitrogen and oxygen atoms in total. The summed E-state index contributed by atoms with van der Waals surface area (Å²) >= 11 is 0. The quantitative estimate of drug-likeness (QED) is 0.810. The maximum absolute atomic E-state index is 13.0. The highest BCUT2D eigenvalue weighted by Crippen LogP contribution is 2.35. The number of hydrogen-bond acceptors (Lipinski definition) is 3. The number of rotatable bonds is 4. The molecule has 2 aromatic rings. The van der Waals surface area contributed by atoms with Crippen LogP contribution in [0.3, 0.4) is 0 Å². The Bertz CT molecular complexity index is 920. The maximum atomic E-state index is 13.0. The van der Waals surface area contributed by atoms with Crippen molar-refractivity contribution in [1.29, 1.82) is 0 Å². The van der Waals surface area contributed by atoms with Crippen molar-refractivity contribution in [3.05, 3.63) is 59.2 Å². The van der Waals surface area contributed by atoms with Gasteiger partial charge >= 0.3 is 0 Å². The minimum absolute atomic E-state index is 0.0885. The Hall–Kier alpha value is -2.82. The van der Waals surface area contributed by atoms with Crippen LogP contribution in [0, 0.1) is 0 Å². The Balaban J connectivity index is 1.60. The second-order valence-corrected chi connectivity index (χ2v) is 8.22. The summed E-state index contributed by atoms with van der Waals surface area (Å²) in [6.07, 6.45) is 3.28. The van der Waals surface area contributed by atoms with Gasteiger partial charge in [-0.15, -0.1) is 0 Å². The summed E-state index contributed by atoms with van der Waals surface area (Å²) in [5.41, 5.74) is 4.17.